The number of hydrogen-bond acceptors (Lipinski definition) is 10. The number of amides is 2. The number of hydrogen-bond donors (Lipinski definition) is 0. The topological polar surface area (TPSA) is 179 Å². The Hall–Kier alpha value is -2.30. The summed E-state index contributed by atoms with van der Waals surface area (Å²) in [5, 5.41) is 7.08. The summed E-state index contributed by atoms with van der Waals surface area (Å²) in [6.07, 6.45) is 4.50. The molecule has 4 heterocycles. The Morgan fingerprint density at radius 2 is 1.68 bits per heavy atom. The van der Waals surface area contributed by atoms with E-state index in [1.54, 1.807) is 35.2 Å². The van der Waals surface area contributed by atoms with Crippen LogP contribution in [-0.2, 0) is 20.6 Å². The van der Waals surface area contributed by atoms with Gasteiger partial charge >= 0.3 is 59.1 Å². The van der Waals surface area contributed by atoms with Crippen molar-refractivity contribution >= 4 is 36.3 Å². The smallest absolute Gasteiger partial charge is 0.790 e. The maximum absolute atomic E-state index is 15.1. The average molecular weight is 601 g/mol. The van der Waals surface area contributed by atoms with Crippen molar-refractivity contribution in [1.29, 1.82) is 0 Å². The summed E-state index contributed by atoms with van der Waals surface area (Å²) in [4.78, 5) is 68.2. The van der Waals surface area contributed by atoms with Crippen molar-refractivity contribution in [1.82, 2.24) is 34.3 Å². The van der Waals surface area contributed by atoms with Gasteiger partial charge in [0.05, 0.1) is 42.9 Å². The fourth-order valence-electron chi connectivity index (χ4n) is 4.31. The summed E-state index contributed by atoms with van der Waals surface area (Å²) in [5.74, 6) is -3.27. The zero-order valence-corrected chi connectivity index (χ0v) is 26.9. The number of aromatic nitrogens is 5. The number of carbonyl (C=O) groups excluding carboxylic acids is 3. The normalized spacial score (nSPS) is 13.4. The number of piperazine rings is 1. The first kappa shape index (κ1) is 33.2. The van der Waals surface area contributed by atoms with Gasteiger partial charge in [0.1, 0.15) is 6.73 Å². The number of halogens is 1. The van der Waals surface area contributed by atoms with Crippen LogP contribution < -0.4 is 68.9 Å². The zero-order valence-electron chi connectivity index (χ0n) is 22.0. The Kier molecular flexibility index (Phi) is 11.2. The van der Waals surface area contributed by atoms with E-state index in [2.05, 4.69) is 19.8 Å². The number of ketones is 1. The van der Waals surface area contributed by atoms with E-state index in [4.69, 9.17) is 0 Å². The number of benzene rings is 1. The van der Waals surface area contributed by atoms with Crippen LogP contribution in [0.3, 0.4) is 0 Å². The molecule has 0 aliphatic carbocycles. The summed E-state index contributed by atoms with van der Waals surface area (Å²) < 4.78 is 32.6. The van der Waals surface area contributed by atoms with Gasteiger partial charge < -0.3 is 33.2 Å². The van der Waals surface area contributed by atoms with E-state index >= 15 is 4.39 Å². The molecule has 1 aliphatic heterocycles. The second-order valence-electron chi connectivity index (χ2n) is 8.50. The van der Waals surface area contributed by atoms with Crippen molar-refractivity contribution in [3.05, 3.63) is 72.1 Å². The first-order valence-corrected chi connectivity index (χ1v) is 13.0. The minimum Gasteiger partial charge on any atom is -0.790 e. The maximum atomic E-state index is 15.1. The van der Waals surface area contributed by atoms with Gasteiger partial charge in [0.25, 0.3) is 17.6 Å². The van der Waals surface area contributed by atoms with Gasteiger partial charge in [-0.1, -0.05) is 23.4 Å². The van der Waals surface area contributed by atoms with Gasteiger partial charge in [-0.25, -0.2) is 14.1 Å². The summed E-state index contributed by atoms with van der Waals surface area (Å²) >= 11 is 0. The molecule has 1 saturated heterocycles. The molecule has 18 heteroatoms. The molecule has 14 nitrogen and oxygen atoms in total. The molecular weight excluding hydrogens is 582 g/mol. The molecule has 3 aromatic heterocycles. The fraction of sp³-hybridized carbons (Fsp3) is 0.217. The first-order valence-electron chi connectivity index (χ1n) is 11.5. The van der Waals surface area contributed by atoms with E-state index in [9.17, 15) is 28.7 Å². The van der Waals surface area contributed by atoms with Crippen LogP contribution in [0.15, 0.2) is 55.1 Å². The second kappa shape index (κ2) is 13.8. The molecular formula is C23H19FN7Na2O7P. The number of nitrogens with zero attached hydrogens (tertiary/aromatic N) is 7. The molecule has 0 radical (unpaired) electrons. The molecule has 4 aromatic rings. The van der Waals surface area contributed by atoms with Crippen molar-refractivity contribution in [2.75, 3.05) is 26.2 Å². The molecule has 0 bridgehead atoms. The first-order chi connectivity index (χ1) is 18.6. The maximum Gasteiger partial charge on any atom is 1.00 e. The van der Waals surface area contributed by atoms with Crippen LogP contribution in [-0.4, -0.2) is 78.1 Å². The van der Waals surface area contributed by atoms with Crippen molar-refractivity contribution in [3.8, 4) is 5.82 Å². The van der Waals surface area contributed by atoms with Crippen LogP contribution >= 0.6 is 7.82 Å². The number of phosphoric ester groups is 1. The summed E-state index contributed by atoms with van der Waals surface area (Å²) in [6, 6.07) is 8.62. The Morgan fingerprint density at radius 3 is 2.29 bits per heavy atom. The third kappa shape index (κ3) is 7.20. The van der Waals surface area contributed by atoms with E-state index in [0.717, 1.165) is 21.6 Å². The summed E-state index contributed by atoms with van der Waals surface area (Å²) in [7, 11) is -5.45. The van der Waals surface area contributed by atoms with Crippen LogP contribution in [0.1, 0.15) is 20.7 Å². The van der Waals surface area contributed by atoms with Crippen LogP contribution in [0.5, 0.6) is 0 Å². The van der Waals surface area contributed by atoms with Gasteiger partial charge in [0.15, 0.2) is 11.6 Å². The average Bonchev–Trinajstić information content (AvgIpc) is 3.61. The molecule has 0 saturated carbocycles. The second-order valence-corrected chi connectivity index (χ2v) is 9.65. The summed E-state index contributed by atoms with van der Waals surface area (Å²) in [5.41, 5.74) is -0.0472. The Balaban J connectivity index is 0.00000231. The number of fused-ring (bicyclic) bond motifs is 1. The molecule has 1 aliphatic rings. The third-order valence-electron chi connectivity index (χ3n) is 6.14. The van der Waals surface area contributed by atoms with E-state index < -0.39 is 37.6 Å². The molecule has 0 N–H and O–H groups in total. The molecule has 1 aromatic carbocycles. The van der Waals surface area contributed by atoms with Gasteiger partial charge in [-0.05, 0) is 12.1 Å². The van der Waals surface area contributed by atoms with Gasteiger partial charge in [0.2, 0.25) is 0 Å². The molecule has 0 atom stereocenters. The van der Waals surface area contributed by atoms with Crippen molar-refractivity contribution < 1.29 is 96.8 Å². The van der Waals surface area contributed by atoms with Crippen LogP contribution in [0.4, 0.5) is 4.39 Å². The van der Waals surface area contributed by atoms with Gasteiger partial charge in [-0.2, -0.15) is 0 Å². The van der Waals surface area contributed by atoms with Crippen LogP contribution in [0, 0.1) is 5.82 Å². The largest absolute Gasteiger partial charge is 1.00 e. The van der Waals surface area contributed by atoms with E-state index in [1.165, 1.54) is 17.3 Å². The van der Waals surface area contributed by atoms with E-state index in [-0.39, 0.29) is 108 Å². The number of pyridine rings is 1. The standard InChI is InChI=1S/C23H21FN7O7P.2Na/c24-17-12-25-21(31-7-6-26-27-31)19-18(17)16(13-30(19)14-38-39(35,36)37)20(32)23(34)29-10-8-28(9-11-29)22(33)15-4-2-1-3-5-15;;/h1-7,12-13H,8-11,14H2,(H2,35,36,37);;/q;2*+1/p-2. The number of rotatable bonds is 7. The molecule has 2 amide bonds. The predicted molar refractivity (Wildman–Crippen MR) is 127 cm³/mol. The number of Topliss-reactive ketones (excluding diaryl/α,β-unsaturated/α-hetero) is 1. The van der Waals surface area contributed by atoms with E-state index in [1.807, 2.05) is 0 Å². The van der Waals surface area contributed by atoms with Crippen molar-refractivity contribution in [3.63, 3.8) is 0 Å². The van der Waals surface area contributed by atoms with Crippen LogP contribution in [0.2, 0.25) is 0 Å². The minimum absolute atomic E-state index is 0. The number of phosphoric acid groups is 1. The minimum atomic E-state index is -5.45. The molecule has 41 heavy (non-hydrogen) atoms. The molecule has 5 rings (SSSR count). The van der Waals surface area contributed by atoms with Gasteiger partial charge in [-0.15, -0.1) is 5.10 Å². The van der Waals surface area contributed by atoms with Crippen molar-refractivity contribution in [2.24, 2.45) is 0 Å². The monoisotopic (exact) mass is 601 g/mol. The molecule has 202 valence electrons. The SMILES string of the molecule is O=C(C(=O)N1CCN(C(=O)c2ccccc2)CC1)c1cn(COP(=O)([O-])[O-])c2c(-n3ccnn3)ncc(F)c12.[Na+].[Na+]. The van der Waals surface area contributed by atoms with Crippen LogP contribution in [0.25, 0.3) is 16.7 Å². The zero-order chi connectivity index (χ0) is 27.7. The molecule has 0 unspecified atom stereocenters. The summed E-state index contributed by atoms with van der Waals surface area (Å²) in [6.45, 7) is -0.419. The molecule has 1 fully saturated rings. The van der Waals surface area contributed by atoms with Crippen molar-refractivity contribution in [2.45, 2.75) is 6.73 Å². The fourth-order valence-corrected chi connectivity index (χ4v) is 4.58. The quantitative estimate of drug-likeness (QED) is 0.0857. The molecule has 0 spiro atoms. The Morgan fingerprint density at radius 1 is 1.02 bits per heavy atom. The van der Waals surface area contributed by atoms with Gasteiger partial charge in [0, 0.05) is 37.9 Å². The Labute approximate surface area is 276 Å². The van der Waals surface area contributed by atoms with E-state index in [0.29, 0.717) is 5.56 Å². The Bertz CT molecular complexity index is 1610. The number of carbonyl (C=O) groups is 3. The van der Waals surface area contributed by atoms with Gasteiger partial charge in [-0.3, -0.25) is 14.4 Å². The predicted octanol–water partition coefficient (Wildman–Crippen LogP) is -6.27. The third-order valence-corrected chi connectivity index (χ3v) is 6.57.